The highest BCUT2D eigenvalue weighted by Gasteiger charge is 2.35. The first-order valence-corrected chi connectivity index (χ1v) is 4.93. The van der Waals surface area contributed by atoms with Gasteiger partial charge in [-0.1, -0.05) is 6.92 Å². The van der Waals surface area contributed by atoms with E-state index in [-0.39, 0.29) is 23.6 Å². The van der Waals surface area contributed by atoms with Crippen molar-refractivity contribution in [2.24, 2.45) is 0 Å². The zero-order valence-corrected chi connectivity index (χ0v) is 9.28. The van der Waals surface area contributed by atoms with Crippen LogP contribution in [-0.4, -0.2) is 5.91 Å². The van der Waals surface area contributed by atoms with Gasteiger partial charge in [-0.15, -0.1) is 0 Å². The summed E-state index contributed by atoms with van der Waals surface area (Å²) in [5.74, 6) is -1.74. The summed E-state index contributed by atoms with van der Waals surface area (Å²) in [6, 6.07) is 1.67. The standard InChI is InChI=1S/C11H11F4NO/c1-3-9(17)16-8-5-4-7(11(13,14)15)10(12)6(8)2/h4-5H,3H2,1-2H3,(H,16,17). The molecular weight excluding hydrogens is 238 g/mol. The van der Waals surface area contributed by atoms with E-state index in [1.165, 1.54) is 6.92 Å². The zero-order valence-electron chi connectivity index (χ0n) is 9.28. The molecule has 0 heterocycles. The number of carbonyl (C=O) groups is 1. The summed E-state index contributed by atoms with van der Waals surface area (Å²) in [5.41, 5.74) is -1.49. The predicted octanol–water partition coefficient (Wildman–Crippen LogP) is 3.50. The van der Waals surface area contributed by atoms with Crippen molar-refractivity contribution in [3.8, 4) is 0 Å². The van der Waals surface area contributed by atoms with Gasteiger partial charge in [0, 0.05) is 17.7 Å². The van der Waals surface area contributed by atoms with Gasteiger partial charge >= 0.3 is 6.18 Å². The fraction of sp³-hybridized carbons (Fsp3) is 0.364. The van der Waals surface area contributed by atoms with Crippen LogP contribution in [0.3, 0.4) is 0 Å². The molecule has 0 aliphatic rings. The molecule has 2 nitrogen and oxygen atoms in total. The van der Waals surface area contributed by atoms with Crippen LogP contribution in [0.1, 0.15) is 24.5 Å². The van der Waals surface area contributed by atoms with Gasteiger partial charge in [0.05, 0.1) is 5.56 Å². The van der Waals surface area contributed by atoms with Gasteiger partial charge in [0.25, 0.3) is 0 Å². The summed E-state index contributed by atoms with van der Waals surface area (Å²) in [5, 5.41) is 2.33. The molecule has 0 aliphatic carbocycles. The van der Waals surface area contributed by atoms with Gasteiger partial charge in [-0.3, -0.25) is 4.79 Å². The Morgan fingerprint density at radius 3 is 2.41 bits per heavy atom. The Morgan fingerprint density at radius 2 is 1.94 bits per heavy atom. The molecule has 1 N–H and O–H groups in total. The van der Waals surface area contributed by atoms with Crippen LogP contribution in [0.4, 0.5) is 23.2 Å². The molecule has 1 aromatic rings. The Hall–Kier alpha value is -1.59. The summed E-state index contributed by atoms with van der Waals surface area (Å²) < 4.78 is 50.5. The summed E-state index contributed by atoms with van der Waals surface area (Å²) in [6.45, 7) is 2.78. The lowest BCUT2D eigenvalue weighted by atomic mass is 10.1. The largest absolute Gasteiger partial charge is 0.419 e. The Morgan fingerprint density at radius 1 is 1.35 bits per heavy atom. The summed E-state index contributed by atoms with van der Waals surface area (Å²) >= 11 is 0. The van der Waals surface area contributed by atoms with E-state index in [0.717, 1.165) is 6.07 Å². The molecule has 0 aliphatic heterocycles. The maximum Gasteiger partial charge on any atom is 0.419 e. The zero-order chi connectivity index (χ0) is 13.2. The van der Waals surface area contributed by atoms with Gasteiger partial charge in [0.15, 0.2) is 0 Å². The van der Waals surface area contributed by atoms with Crippen molar-refractivity contribution in [3.05, 3.63) is 29.1 Å². The number of hydrogen-bond acceptors (Lipinski definition) is 1. The van der Waals surface area contributed by atoms with Crippen LogP contribution >= 0.6 is 0 Å². The first kappa shape index (κ1) is 13.5. The van der Waals surface area contributed by atoms with Crippen molar-refractivity contribution in [2.75, 3.05) is 5.32 Å². The number of rotatable bonds is 2. The molecule has 0 atom stereocenters. The molecular formula is C11H11F4NO. The lowest BCUT2D eigenvalue weighted by molar-refractivity contribution is -0.140. The first-order chi connectivity index (χ1) is 7.77. The first-order valence-electron chi connectivity index (χ1n) is 4.93. The number of alkyl halides is 3. The van der Waals surface area contributed by atoms with E-state index in [2.05, 4.69) is 5.32 Å². The van der Waals surface area contributed by atoms with Crippen molar-refractivity contribution >= 4 is 11.6 Å². The maximum absolute atomic E-state index is 13.4. The van der Waals surface area contributed by atoms with Crippen molar-refractivity contribution in [3.63, 3.8) is 0 Å². The molecule has 17 heavy (non-hydrogen) atoms. The van der Waals surface area contributed by atoms with Gasteiger partial charge in [-0.25, -0.2) is 4.39 Å². The lowest BCUT2D eigenvalue weighted by Crippen LogP contribution is -2.14. The lowest BCUT2D eigenvalue weighted by Gasteiger charge is -2.13. The number of benzene rings is 1. The normalized spacial score (nSPS) is 11.4. The third kappa shape index (κ3) is 2.95. The summed E-state index contributed by atoms with van der Waals surface area (Å²) in [6.07, 6.45) is -4.57. The summed E-state index contributed by atoms with van der Waals surface area (Å²) in [4.78, 5) is 11.1. The molecule has 0 saturated carbocycles. The van der Waals surface area contributed by atoms with Crippen molar-refractivity contribution < 1.29 is 22.4 Å². The number of halogens is 4. The molecule has 0 aromatic heterocycles. The second kappa shape index (κ2) is 4.73. The number of carbonyl (C=O) groups excluding carboxylic acids is 1. The third-order valence-electron chi connectivity index (χ3n) is 2.29. The average Bonchev–Trinajstić information content (AvgIpc) is 2.22. The van der Waals surface area contributed by atoms with E-state index < -0.39 is 17.6 Å². The minimum absolute atomic E-state index is 0.0577. The minimum atomic E-state index is -4.73. The second-order valence-electron chi connectivity index (χ2n) is 3.50. The monoisotopic (exact) mass is 249 g/mol. The van der Waals surface area contributed by atoms with E-state index in [4.69, 9.17) is 0 Å². The fourth-order valence-corrected chi connectivity index (χ4v) is 1.28. The quantitative estimate of drug-likeness (QED) is 0.798. The van der Waals surface area contributed by atoms with Gasteiger partial charge in [0.1, 0.15) is 5.82 Å². The Bertz CT molecular complexity index is 440. The van der Waals surface area contributed by atoms with Crippen molar-refractivity contribution in [1.82, 2.24) is 0 Å². The molecule has 0 bridgehead atoms. The predicted molar refractivity (Wildman–Crippen MR) is 55.1 cm³/mol. The van der Waals surface area contributed by atoms with Crippen molar-refractivity contribution in [1.29, 1.82) is 0 Å². The second-order valence-corrected chi connectivity index (χ2v) is 3.50. The molecule has 0 unspecified atom stereocenters. The highest BCUT2D eigenvalue weighted by Crippen LogP contribution is 2.34. The molecule has 0 fully saturated rings. The van der Waals surface area contributed by atoms with Crippen molar-refractivity contribution in [2.45, 2.75) is 26.4 Å². The summed E-state index contributed by atoms with van der Waals surface area (Å²) in [7, 11) is 0. The van der Waals surface area contributed by atoms with Crippen LogP contribution in [-0.2, 0) is 11.0 Å². The molecule has 94 valence electrons. The van der Waals surface area contributed by atoms with Crippen LogP contribution in [0.2, 0.25) is 0 Å². The third-order valence-corrected chi connectivity index (χ3v) is 2.29. The van der Waals surface area contributed by atoms with Crippen LogP contribution in [0.5, 0.6) is 0 Å². The minimum Gasteiger partial charge on any atom is -0.326 e. The van der Waals surface area contributed by atoms with Crippen LogP contribution in [0, 0.1) is 12.7 Å². The van der Waals surface area contributed by atoms with Gasteiger partial charge < -0.3 is 5.32 Å². The fourth-order valence-electron chi connectivity index (χ4n) is 1.28. The molecule has 1 rings (SSSR count). The average molecular weight is 249 g/mol. The van der Waals surface area contributed by atoms with E-state index in [1.54, 1.807) is 6.92 Å². The van der Waals surface area contributed by atoms with Gasteiger partial charge in [-0.05, 0) is 19.1 Å². The number of hydrogen-bond donors (Lipinski definition) is 1. The Kier molecular flexibility index (Phi) is 3.75. The molecule has 0 spiro atoms. The highest BCUT2D eigenvalue weighted by molar-refractivity contribution is 5.91. The molecule has 0 radical (unpaired) electrons. The molecule has 0 saturated heterocycles. The van der Waals surface area contributed by atoms with Gasteiger partial charge in [0.2, 0.25) is 5.91 Å². The van der Waals surface area contributed by atoms with E-state index in [9.17, 15) is 22.4 Å². The van der Waals surface area contributed by atoms with Crippen LogP contribution in [0.25, 0.3) is 0 Å². The number of nitrogens with one attached hydrogen (secondary N) is 1. The highest BCUT2D eigenvalue weighted by atomic mass is 19.4. The number of anilines is 1. The van der Waals surface area contributed by atoms with E-state index >= 15 is 0 Å². The molecule has 1 aromatic carbocycles. The van der Waals surface area contributed by atoms with Crippen LogP contribution in [0.15, 0.2) is 12.1 Å². The van der Waals surface area contributed by atoms with E-state index in [0.29, 0.717) is 6.07 Å². The Labute approximate surface area is 95.6 Å². The smallest absolute Gasteiger partial charge is 0.326 e. The SMILES string of the molecule is CCC(=O)Nc1ccc(C(F)(F)F)c(F)c1C. The Balaban J connectivity index is 3.15. The maximum atomic E-state index is 13.4. The topological polar surface area (TPSA) is 29.1 Å². The molecule has 6 heteroatoms. The van der Waals surface area contributed by atoms with E-state index in [1.807, 2.05) is 0 Å². The number of amides is 1. The van der Waals surface area contributed by atoms with Gasteiger partial charge in [-0.2, -0.15) is 13.2 Å². The molecule has 1 amide bonds. The van der Waals surface area contributed by atoms with Crippen LogP contribution < -0.4 is 5.32 Å².